The van der Waals surface area contributed by atoms with Crippen molar-refractivity contribution in [2.24, 2.45) is 11.8 Å². The van der Waals surface area contributed by atoms with E-state index in [1.165, 1.54) is 0 Å². The first kappa shape index (κ1) is 26.3. The van der Waals surface area contributed by atoms with Crippen molar-refractivity contribution >= 4 is 18.0 Å². The van der Waals surface area contributed by atoms with Gasteiger partial charge in [-0.05, 0) is 47.9 Å². The first-order valence-corrected chi connectivity index (χ1v) is 12.3. The zero-order valence-corrected chi connectivity index (χ0v) is 20.9. The lowest BCUT2D eigenvalue weighted by Crippen LogP contribution is -2.51. The Kier molecular flexibility index (Phi) is 8.90. The van der Waals surface area contributed by atoms with Gasteiger partial charge in [0.05, 0.1) is 5.92 Å². The number of alkyl carbamates (subject to hydrolysis) is 1. The second-order valence-electron chi connectivity index (χ2n) is 9.77. The molecule has 0 heterocycles. The van der Waals surface area contributed by atoms with Gasteiger partial charge in [-0.15, -0.1) is 0 Å². The third kappa shape index (κ3) is 6.62. The molecule has 0 spiro atoms. The highest BCUT2D eigenvalue weighted by atomic mass is 16.5. The molecule has 0 bridgehead atoms. The third-order valence-electron chi connectivity index (χ3n) is 6.65. The molecule has 2 aromatic carbocycles. The third-order valence-corrected chi connectivity index (χ3v) is 6.65. The van der Waals surface area contributed by atoms with Crippen LogP contribution < -0.4 is 10.6 Å². The second kappa shape index (κ2) is 11.9. The molecule has 1 aliphatic carbocycles. The highest BCUT2D eigenvalue weighted by Gasteiger charge is 2.30. The number of aliphatic carboxylic acids is 1. The van der Waals surface area contributed by atoms with E-state index < -0.39 is 24.0 Å². The predicted octanol–water partition coefficient (Wildman–Crippen LogP) is 4.95. The van der Waals surface area contributed by atoms with E-state index in [9.17, 15) is 14.4 Å². The molecule has 0 aliphatic heterocycles. The molecule has 0 radical (unpaired) electrons. The largest absolute Gasteiger partial charge is 0.481 e. The van der Waals surface area contributed by atoms with Crippen molar-refractivity contribution < 1.29 is 24.2 Å². The van der Waals surface area contributed by atoms with E-state index in [0.717, 1.165) is 22.3 Å². The van der Waals surface area contributed by atoms with Gasteiger partial charge in [0.15, 0.2) is 0 Å². The summed E-state index contributed by atoms with van der Waals surface area (Å²) in [5.41, 5.74) is 4.57. The van der Waals surface area contributed by atoms with Crippen LogP contribution in [0.3, 0.4) is 0 Å². The van der Waals surface area contributed by atoms with Crippen LogP contribution in [0, 0.1) is 11.8 Å². The van der Waals surface area contributed by atoms with E-state index in [-0.39, 0.29) is 30.4 Å². The van der Waals surface area contributed by atoms with Crippen LogP contribution in [0.4, 0.5) is 4.79 Å². The predicted molar refractivity (Wildman–Crippen MR) is 135 cm³/mol. The van der Waals surface area contributed by atoms with Crippen molar-refractivity contribution in [2.45, 2.75) is 65.0 Å². The van der Waals surface area contributed by atoms with Crippen molar-refractivity contribution in [3.8, 4) is 11.1 Å². The van der Waals surface area contributed by atoms with Gasteiger partial charge >= 0.3 is 12.1 Å². The Morgan fingerprint density at radius 3 is 2.00 bits per heavy atom. The Bertz CT molecular complexity index is 1010. The number of benzene rings is 2. The maximum Gasteiger partial charge on any atom is 0.407 e. The van der Waals surface area contributed by atoms with Gasteiger partial charge in [-0.3, -0.25) is 9.59 Å². The van der Waals surface area contributed by atoms with Gasteiger partial charge in [0.25, 0.3) is 0 Å². The number of fused-ring (bicyclic) bond motifs is 3. The van der Waals surface area contributed by atoms with Crippen LogP contribution in [0.1, 0.15) is 64.0 Å². The first-order chi connectivity index (χ1) is 16.7. The Morgan fingerprint density at radius 1 is 0.886 bits per heavy atom. The molecular formula is C28H36N2O5. The topological polar surface area (TPSA) is 105 Å². The number of carbonyl (C=O) groups is 3. The smallest absolute Gasteiger partial charge is 0.407 e. The number of hydrogen-bond acceptors (Lipinski definition) is 4. The molecule has 1 aliphatic rings. The van der Waals surface area contributed by atoms with Gasteiger partial charge in [-0.1, -0.05) is 75.7 Å². The molecule has 7 nitrogen and oxygen atoms in total. The quantitative estimate of drug-likeness (QED) is 0.422. The summed E-state index contributed by atoms with van der Waals surface area (Å²) in [4.78, 5) is 36.5. The molecule has 2 unspecified atom stereocenters. The van der Waals surface area contributed by atoms with E-state index in [2.05, 4.69) is 34.9 Å². The fourth-order valence-electron chi connectivity index (χ4n) is 4.56. The minimum absolute atomic E-state index is 0.0484. The Labute approximate surface area is 207 Å². The van der Waals surface area contributed by atoms with E-state index >= 15 is 0 Å². The zero-order chi connectivity index (χ0) is 25.5. The number of carbonyl (C=O) groups excluding carboxylic acids is 2. The van der Waals surface area contributed by atoms with Crippen LogP contribution in [-0.4, -0.2) is 41.8 Å². The Balaban J connectivity index is 1.54. The molecule has 0 fully saturated rings. The zero-order valence-electron chi connectivity index (χ0n) is 20.9. The summed E-state index contributed by atoms with van der Waals surface area (Å²) in [6, 6.07) is 15.4. The standard InChI is InChI=1S/C28H36N2O5/c1-17(2)25(26(31)29-19(4)11-9-10-18(3)27(32)33)30-28(34)35-16-24-22-14-7-5-12-20(22)21-13-6-8-15-23(21)24/h5-8,12-15,17-19,24-25H,9-11,16H2,1-4H3,(H,29,31)(H,30,34)(H,32,33)/t18?,19?,25-/m1/s1. The van der Waals surface area contributed by atoms with Crippen molar-refractivity contribution in [1.82, 2.24) is 10.6 Å². The van der Waals surface area contributed by atoms with E-state index in [1.54, 1.807) is 6.92 Å². The summed E-state index contributed by atoms with van der Waals surface area (Å²) in [6.45, 7) is 7.48. The number of nitrogens with one attached hydrogen (secondary N) is 2. The summed E-state index contributed by atoms with van der Waals surface area (Å²) in [7, 11) is 0. The van der Waals surface area contributed by atoms with Gasteiger partial charge < -0.3 is 20.5 Å². The SMILES string of the molecule is CC(CCCC(C)C(=O)O)NC(=O)[C@H](NC(=O)OCC1c2ccccc2-c2ccccc21)C(C)C. The Hall–Kier alpha value is -3.35. The van der Waals surface area contributed by atoms with Gasteiger partial charge in [0, 0.05) is 12.0 Å². The number of rotatable bonds is 11. The minimum atomic E-state index is -0.811. The minimum Gasteiger partial charge on any atom is -0.481 e. The van der Waals surface area contributed by atoms with Crippen LogP contribution in [-0.2, 0) is 14.3 Å². The van der Waals surface area contributed by atoms with Crippen LogP contribution in [0.5, 0.6) is 0 Å². The first-order valence-electron chi connectivity index (χ1n) is 12.3. The van der Waals surface area contributed by atoms with Gasteiger partial charge in [0.1, 0.15) is 12.6 Å². The lowest BCUT2D eigenvalue weighted by molar-refractivity contribution is -0.141. The Morgan fingerprint density at radius 2 is 1.46 bits per heavy atom. The molecule has 2 amide bonds. The fraction of sp³-hybridized carbons (Fsp3) is 0.464. The van der Waals surface area contributed by atoms with E-state index in [4.69, 9.17) is 9.84 Å². The summed E-state index contributed by atoms with van der Waals surface area (Å²) in [5, 5.41) is 14.7. The van der Waals surface area contributed by atoms with Crippen LogP contribution in [0.15, 0.2) is 48.5 Å². The molecule has 188 valence electrons. The molecule has 35 heavy (non-hydrogen) atoms. The summed E-state index contributed by atoms with van der Waals surface area (Å²) < 4.78 is 5.60. The normalized spacial score (nSPS) is 15.0. The number of carboxylic acid groups (broad SMARTS) is 1. The average molecular weight is 481 g/mol. The number of carboxylic acids is 1. The molecule has 0 saturated carbocycles. The van der Waals surface area contributed by atoms with E-state index in [1.807, 2.05) is 45.0 Å². The van der Waals surface area contributed by atoms with Crippen molar-refractivity contribution in [3.05, 3.63) is 59.7 Å². The van der Waals surface area contributed by atoms with E-state index in [0.29, 0.717) is 19.3 Å². The maximum absolute atomic E-state index is 12.8. The van der Waals surface area contributed by atoms with Gasteiger partial charge in [-0.25, -0.2) is 4.79 Å². The molecule has 3 atom stereocenters. The van der Waals surface area contributed by atoms with Crippen LogP contribution in [0.2, 0.25) is 0 Å². The van der Waals surface area contributed by atoms with Crippen LogP contribution >= 0.6 is 0 Å². The lowest BCUT2D eigenvalue weighted by Gasteiger charge is -2.24. The average Bonchev–Trinajstić information content (AvgIpc) is 3.14. The molecular weight excluding hydrogens is 444 g/mol. The molecule has 0 saturated heterocycles. The summed E-state index contributed by atoms with van der Waals surface area (Å²) in [5.74, 6) is -1.67. The monoisotopic (exact) mass is 480 g/mol. The molecule has 0 aromatic heterocycles. The van der Waals surface area contributed by atoms with Crippen molar-refractivity contribution in [3.63, 3.8) is 0 Å². The van der Waals surface area contributed by atoms with Gasteiger partial charge in [-0.2, -0.15) is 0 Å². The highest BCUT2D eigenvalue weighted by molar-refractivity contribution is 5.86. The van der Waals surface area contributed by atoms with Crippen LogP contribution in [0.25, 0.3) is 11.1 Å². The maximum atomic E-state index is 12.8. The second-order valence-corrected chi connectivity index (χ2v) is 9.77. The summed E-state index contributed by atoms with van der Waals surface area (Å²) in [6.07, 6.45) is 1.30. The number of hydrogen-bond donors (Lipinski definition) is 3. The molecule has 2 aromatic rings. The molecule has 3 rings (SSSR count). The van der Waals surface area contributed by atoms with Crippen molar-refractivity contribution in [2.75, 3.05) is 6.61 Å². The van der Waals surface area contributed by atoms with Crippen molar-refractivity contribution in [1.29, 1.82) is 0 Å². The van der Waals surface area contributed by atoms with Gasteiger partial charge in [0.2, 0.25) is 5.91 Å². The summed E-state index contributed by atoms with van der Waals surface area (Å²) >= 11 is 0. The molecule has 7 heteroatoms. The number of ether oxygens (including phenoxy) is 1. The molecule has 3 N–H and O–H groups in total. The lowest BCUT2D eigenvalue weighted by atomic mass is 9.98. The highest BCUT2D eigenvalue weighted by Crippen LogP contribution is 2.44. The number of amides is 2. The fourth-order valence-corrected chi connectivity index (χ4v) is 4.56.